The molecule has 1 atom stereocenters. The molecule has 0 aliphatic rings. The molecule has 2 aromatic heterocycles. The van der Waals surface area contributed by atoms with Gasteiger partial charge in [-0.1, -0.05) is 18.2 Å². The Morgan fingerprint density at radius 1 is 1.24 bits per heavy atom. The van der Waals surface area contributed by atoms with E-state index in [1.54, 1.807) is 4.52 Å². The molecule has 3 N–H and O–H groups in total. The van der Waals surface area contributed by atoms with E-state index in [0.29, 0.717) is 12.2 Å². The summed E-state index contributed by atoms with van der Waals surface area (Å²) < 4.78 is 1.71. The fourth-order valence-corrected chi connectivity index (χ4v) is 2.76. The molecule has 25 heavy (non-hydrogen) atoms. The van der Waals surface area contributed by atoms with E-state index in [1.807, 2.05) is 74.6 Å². The molecule has 1 amide bonds. The number of amides is 1. The van der Waals surface area contributed by atoms with Gasteiger partial charge in [-0.3, -0.25) is 4.79 Å². The van der Waals surface area contributed by atoms with Crippen molar-refractivity contribution in [3.63, 3.8) is 0 Å². The molecule has 0 aliphatic heterocycles. The third kappa shape index (κ3) is 3.49. The number of carbonyl (C=O) groups excluding carboxylic acids is 1. The van der Waals surface area contributed by atoms with Gasteiger partial charge < -0.3 is 16.0 Å². The van der Waals surface area contributed by atoms with Crippen LogP contribution in [0.3, 0.4) is 0 Å². The quantitative estimate of drug-likeness (QED) is 0.748. The third-order valence-corrected chi connectivity index (χ3v) is 4.32. The van der Waals surface area contributed by atoms with Crippen molar-refractivity contribution in [2.45, 2.75) is 13.0 Å². The Morgan fingerprint density at radius 3 is 2.60 bits per heavy atom. The lowest BCUT2D eigenvalue weighted by Crippen LogP contribution is -2.32. The second-order valence-electron chi connectivity index (χ2n) is 6.31. The summed E-state index contributed by atoms with van der Waals surface area (Å²) in [6.45, 7) is 2.25. The number of nitrogens with two attached hydrogens (primary N) is 1. The van der Waals surface area contributed by atoms with Crippen molar-refractivity contribution in [3.8, 4) is 0 Å². The summed E-state index contributed by atoms with van der Waals surface area (Å²) >= 11 is 0. The van der Waals surface area contributed by atoms with Crippen LogP contribution >= 0.6 is 0 Å². The summed E-state index contributed by atoms with van der Waals surface area (Å²) in [6, 6.07) is 13.5. The van der Waals surface area contributed by atoms with Gasteiger partial charge in [0.2, 0.25) is 0 Å². The molecule has 0 bridgehead atoms. The number of fused-ring (bicyclic) bond motifs is 1. The first kappa shape index (κ1) is 17.0. The summed E-state index contributed by atoms with van der Waals surface area (Å²) in [5.74, 6) is -0.207. The molecule has 130 valence electrons. The van der Waals surface area contributed by atoms with Gasteiger partial charge >= 0.3 is 0 Å². The van der Waals surface area contributed by atoms with Crippen LogP contribution in [-0.4, -0.2) is 36.2 Å². The first-order valence-electron chi connectivity index (χ1n) is 8.22. The Labute approximate surface area is 147 Å². The summed E-state index contributed by atoms with van der Waals surface area (Å²) in [5.41, 5.74) is 10.5. The number of aromatic nitrogens is 2. The molecular weight excluding hydrogens is 314 g/mol. The van der Waals surface area contributed by atoms with Crippen molar-refractivity contribution in [2.75, 3.05) is 25.5 Å². The van der Waals surface area contributed by atoms with Crippen molar-refractivity contribution in [2.24, 2.45) is 5.73 Å². The Bertz CT molecular complexity index is 882. The van der Waals surface area contributed by atoms with Crippen LogP contribution in [0.1, 0.15) is 27.7 Å². The van der Waals surface area contributed by atoms with Gasteiger partial charge in [-0.05, 0) is 36.8 Å². The molecule has 2 heterocycles. The fraction of sp³-hybridized carbons (Fsp3) is 0.263. The minimum absolute atomic E-state index is 0.207. The maximum Gasteiger partial charge on any atom is 0.272 e. The van der Waals surface area contributed by atoms with E-state index in [0.717, 1.165) is 22.3 Å². The molecule has 0 fully saturated rings. The summed E-state index contributed by atoms with van der Waals surface area (Å²) in [5, 5.41) is 7.24. The van der Waals surface area contributed by atoms with Gasteiger partial charge in [0, 0.05) is 44.1 Å². The highest BCUT2D eigenvalue weighted by Crippen LogP contribution is 2.17. The Hall–Kier alpha value is -2.86. The SMILES string of the molecule is Cc1c(C(=O)NCC(N)c2ccc(N(C)C)cc2)nn2ccccc12. The molecule has 0 saturated carbocycles. The van der Waals surface area contributed by atoms with Gasteiger partial charge in [0.1, 0.15) is 0 Å². The molecule has 6 heteroatoms. The number of benzene rings is 1. The lowest BCUT2D eigenvalue weighted by atomic mass is 10.1. The van der Waals surface area contributed by atoms with Gasteiger partial charge in [0.05, 0.1) is 5.52 Å². The minimum Gasteiger partial charge on any atom is -0.378 e. The van der Waals surface area contributed by atoms with Crippen molar-refractivity contribution in [1.82, 2.24) is 14.9 Å². The lowest BCUT2D eigenvalue weighted by Gasteiger charge is -2.16. The molecule has 0 aliphatic carbocycles. The zero-order valence-electron chi connectivity index (χ0n) is 14.7. The standard InChI is InChI=1S/C19H23N5O/c1-13-17-6-4-5-11-24(17)22-18(13)19(25)21-12-16(20)14-7-9-15(10-8-14)23(2)3/h4-11,16H,12,20H2,1-3H3,(H,21,25). The monoisotopic (exact) mass is 337 g/mol. The van der Waals surface area contributed by atoms with Crippen LogP contribution in [0.15, 0.2) is 48.7 Å². The average Bonchev–Trinajstić information content (AvgIpc) is 2.96. The first-order valence-corrected chi connectivity index (χ1v) is 8.22. The molecule has 3 rings (SSSR count). The Kier molecular flexibility index (Phi) is 4.72. The third-order valence-electron chi connectivity index (χ3n) is 4.32. The van der Waals surface area contributed by atoms with Gasteiger partial charge in [0.25, 0.3) is 5.91 Å². The lowest BCUT2D eigenvalue weighted by molar-refractivity contribution is 0.0945. The molecular formula is C19H23N5O. The minimum atomic E-state index is -0.266. The zero-order chi connectivity index (χ0) is 18.0. The van der Waals surface area contributed by atoms with Crippen molar-refractivity contribution in [1.29, 1.82) is 0 Å². The van der Waals surface area contributed by atoms with Crippen molar-refractivity contribution >= 4 is 17.1 Å². The second-order valence-corrected chi connectivity index (χ2v) is 6.31. The van der Waals surface area contributed by atoms with E-state index in [-0.39, 0.29) is 11.9 Å². The summed E-state index contributed by atoms with van der Waals surface area (Å²) in [6.07, 6.45) is 1.83. The number of aryl methyl sites for hydroxylation is 1. The van der Waals surface area contributed by atoms with Crippen LogP contribution < -0.4 is 16.0 Å². The van der Waals surface area contributed by atoms with Gasteiger partial charge in [0.15, 0.2) is 5.69 Å². The maximum atomic E-state index is 12.5. The number of rotatable bonds is 5. The topological polar surface area (TPSA) is 75.7 Å². The average molecular weight is 337 g/mol. The number of hydrogen-bond donors (Lipinski definition) is 2. The van der Waals surface area contributed by atoms with Crippen LogP contribution in [0, 0.1) is 6.92 Å². The number of anilines is 1. The normalized spacial score (nSPS) is 12.2. The van der Waals surface area contributed by atoms with Crippen molar-refractivity contribution in [3.05, 3.63) is 65.5 Å². The molecule has 1 unspecified atom stereocenters. The smallest absolute Gasteiger partial charge is 0.272 e. The van der Waals surface area contributed by atoms with Crippen LogP contribution in [0.5, 0.6) is 0 Å². The van der Waals surface area contributed by atoms with E-state index < -0.39 is 0 Å². The molecule has 0 saturated heterocycles. The largest absolute Gasteiger partial charge is 0.378 e. The molecule has 6 nitrogen and oxygen atoms in total. The van der Waals surface area contributed by atoms with Crippen LogP contribution in [0.25, 0.3) is 5.52 Å². The number of nitrogens with one attached hydrogen (secondary N) is 1. The Balaban J connectivity index is 1.67. The fourth-order valence-electron chi connectivity index (χ4n) is 2.76. The van der Waals surface area contributed by atoms with E-state index in [1.165, 1.54) is 0 Å². The molecule has 0 spiro atoms. The highest BCUT2D eigenvalue weighted by atomic mass is 16.1. The number of pyridine rings is 1. The van der Waals surface area contributed by atoms with E-state index in [2.05, 4.69) is 10.4 Å². The summed E-state index contributed by atoms with van der Waals surface area (Å²) in [7, 11) is 3.98. The molecule has 0 radical (unpaired) electrons. The number of hydrogen-bond acceptors (Lipinski definition) is 4. The van der Waals surface area contributed by atoms with E-state index in [4.69, 9.17) is 5.73 Å². The number of carbonyl (C=O) groups is 1. The Morgan fingerprint density at radius 2 is 1.96 bits per heavy atom. The van der Waals surface area contributed by atoms with Crippen LogP contribution in [0.4, 0.5) is 5.69 Å². The predicted octanol–water partition coefficient (Wildman–Crippen LogP) is 2.14. The molecule has 3 aromatic rings. The second kappa shape index (κ2) is 6.94. The summed E-state index contributed by atoms with van der Waals surface area (Å²) in [4.78, 5) is 14.5. The van der Waals surface area contributed by atoms with Crippen molar-refractivity contribution < 1.29 is 4.79 Å². The van der Waals surface area contributed by atoms with E-state index in [9.17, 15) is 4.79 Å². The number of nitrogens with zero attached hydrogens (tertiary/aromatic N) is 3. The van der Waals surface area contributed by atoms with Crippen LogP contribution in [-0.2, 0) is 0 Å². The van der Waals surface area contributed by atoms with Gasteiger partial charge in [-0.15, -0.1) is 0 Å². The predicted molar refractivity (Wildman–Crippen MR) is 100.0 cm³/mol. The first-order chi connectivity index (χ1) is 12.0. The highest BCUT2D eigenvalue weighted by molar-refractivity contribution is 5.95. The van der Waals surface area contributed by atoms with Crippen LogP contribution in [0.2, 0.25) is 0 Å². The zero-order valence-corrected chi connectivity index (χ0v) is 14.7. The van der Waals surface area contributed by atoms with Gasteiger partial charge in [-0.2, -0.15) is 5.10 Å². The van der Waals surface area contributed by atoms with Gasteiger partial charge in [-0.25, -0.2) is 4.52 Å². The van der Waals surface area contributed by atoms with E-state index >= 15 is 0 Å². The maximum absolute atomic E-state index is 12.5. The molecule has 1 aromatic carbocycles. The highest BCUT2D eigenvalue weighted by Gasteiger charge is 2.17.